The van der Waals surface area contributed by atoms with Crippen LogP contribution in [0.1, 0.15) is 23.7 Å². The number of rotatable bonds is 5. The molecule has 0 fully saturated rings. The molecule has 19 heavy (non-hydrogen) atoms. The fourth-order valence-electron chi connectivity index (χ4n) is 1.51. The molecule has 2 N–H and O–H groups in total. The minimum absolute atomic E-state index is 0.123. The number of carbonyl (C=O) groups excluding carboxylic acids is 1. The minimum Gasteiger partial charge on any atom is -0.502 e. The Labute approximate surface area is 110 Å². The summed E-state index contributed by atoms with van der Waals surface area (Å²) in [4.78, 5) is 23.3. The van der Waals surface area contributed by atoms with E-state index in [4.69, 9.17) is 5.11 Å². The third-order valence-corrected chi connectivity index (χ3v) is 2.65. The number of carbonyl (C=O) groups is 1. The number of hydrogen-bond donors (Lipinski definition) is 2. The Morgan fingerprint density at radius 1 is 1.53 bits per heavy atom. The standard InChI is InChI=1S/C12H16N2O5/c1-8(15)5-6-13(2)12(17)9-3-4-11(16)10(7-9)14(18)19/h3-4,7-8,15-16H,5-6H2,1-2H3/t8-/m1/s1. The highest BCUT2D eigenvalue weighted by atomic mass is 16.6. The van der Waals surface area contributed by atoms with Crippen molar-refractivity contribution in [2.24, 2.45) is 0 Å². The molecule has 0 saturated carbocycles. The number of aliphatic hydroxyl groups excluding tert-OH is 1. The Balaban J connectivity index is 2.88. The van der Waals surface area contributed by atoms with Crippen LogP contribution in [0.3, 0.4) is 0 Å². The molecule has 1 aromatic rings. The number of phenolic OH excluding ortho intramolecular Hbond substituents is 1. The van der Waals surface area contributed by atoms with Crippen LogP contribution in [0.4, 0.5) is 5.69 Å². The van der Waals surface area contributed by atoms with Crippen LogP contribution in [0.15, 0.2) is 18.2 Å². The van der Waals surface area contributed by atoms with Gasteiger partial charge < -0.3 is 15.1 Å². The first kappa shape index (κ1) is 14.9. The molecule has 1 aromatic carbocycles. The van der Waals surface area contributed by atoms with Crippen molar-refractivity contribution >= 4 is 11.6 Å². The summed E-state index contributed by atoms with van der Waals surface area (Å²) in [6.07, 6.45) is -0.105. The van der Waals surface area contributed by atoms with Crippen molar-refractivity contribution in [2.45, 2.75) is 19.4 Å². The lowest BCUT2D eigenvalue weighted by Gasteiger charge is -2.18. The molecule has 0 aromatic heterocycles. The van der Waals surface area contributed by atoms with Crippen molar-refractivity contribution in [1.29, 1.82) is 0 Å². The summed E-state index contributed by atoms with van der Waals surface area (Å²) in [6.45, 7) is 1.95. The van der Waals surface area contributed by atoms with Crippen molar-refractivity contribution in [3.63, 3.8) is 0 Å². The molecule has 1 atom stereocenters. The monoisotopic (exact) mass is 268 g/mol. The van der Waals surface area contributed by atoms with Gasteiger partial charge in [-0.3, -0.25) is 14.9 Å². The number of nitrogens with zero attached hydrogens (tertiary/aromatic N) is 2. The molecule has 0 heterocycles. The van der Waals surface area contributed by atoms with Crippen molar-refractivity contribution < 1.29 is 19.9 Å². The molecule has 1 rings (SSSR count). The first-order chi connectivity index (χ1) is 8.82. The number of aliphatic hydroxyl groups is 1. The lowest BCUT2D eigenvalue weighted by Crippen LogP contribution is -2.29. The van der Waals surface area contributed by atoms with Crippen LogP contribution in [0.2, 0.25) is 0 Å². The van der Waals surface area contributed by atoms with Crippen molar-refractivity contribution in [1.82, 2.24) is 4.90 Å². The number of nitro groups is 1. The van der Waals surface area contributed by atoms with Gasteiger partial charge in [-0.25, -0.2) is 0 Å². The van der Waals surface area contributed by atoms with Crippen LogP contribution in [0.25, 0.3) is 0 Å². The van der Waals surface area contributed by atoms with Crippen molar-refractivity contribution in [3.05, 3.63) is 33.9 Å². The molecule has 7 heteroatoms. The zero-order chi connectivity index (χ0) is 14.6. The Morgan fingerprint density at radius 3 is 2.68 bits per heavy atom. The molecular formula is C12H16N2O5. The van der Waals surface area contributed by atoms with Crippen LogP contribution >= 0.6 is 0 Å². The van der Waals surface area contributed by atoms with E-state index in [-0.39, 0.29) is 5.56 Å². The van der Waals surface area contributed by atoms with Gasteiger partial charge in [-0.2, -0.15) is 0 Å². The van der Waals surface area contributed by atoms with Gasteiger partial charge in [-0.15, -0.1) is 0 Å². The summed E-state index contributed by atoms with van der Waals surface area (Å²) < 4.78 is 0. The van der Waals surface area contributed by atoms with E-state index in [1.807, 2.05) is 0 Å². The highest BCUT2D eigenvalue weighted by Gasteiger charge is 2.19. The predicted octanol–water partition coefficient (Wildman–Crippen LogP) is 1.14. The number of nitro benzene ring substituents is 1. The maximum absolute atomic E-state index is 12.0. The van der Waals surface area contributed by atoms with Gasteiger partial charge in [0.25, 0.3) is 5.91 Å². The quantitative estimate of drug-likeness (QED) is 0.615. The fourth-order valence-corrected chi connectivity index (χ4v) is 1.51. The summed E-state index contributed by atoms with van der Waals surface area (Å²) in [7, 11) is 1.55. The molecule has 0 unspecified atom stereocenters. The van der Waals surface area contributed by atoms with Crippen molar-refractivity contribution in [2.75, 3.05) is 13.6 Å². The van der Waals surface area contributed by atoms with E-state index in [0.717, 1.165) is 12.1 Å². The molecule has 0 aliphatic carbocycles. The smallest absolute Gasteiger partial charge is 0.311 e. The van der Waals surface area contributed by atoms with Crippen LogP contribution in [-0.4, -0.2) is 45.6 Å². The average Bonchev–Trinajstić information content (AvgIpc) is 2.35. The molecule has 0 radical (unpaired) electrons. The third-order valence-electron chi connectivity index (χ3n) is 2.65. The van der Waals surface area contributed by atoms with Gasteiger partial charge in [-0.05, 0) is 25.5 Å². The fraction of sp³-hybridized carbons (Fsp3) is 0.417. The Kier molecular flexibility index (Phi) is 4.82. The molecular weight excluding hydrogens is 252 g/mol. The summed E-state index contributed by atoms with van der Waals surface area (Å²) in [5.74, 6) is -0.878. The average molecular weight is 268 g/mol. The largest absolute Gasteiger partial charge is 0.502 e. The van der Waals surface area contributed by atoms with E-state index in [9.17, 15) is 20.0 Å². The SMILES string of the molecule is C[C@@H](O)CCN(C)C(=O)c1ccc(O)c([N+](=O)[O-])c1. The molecule has 0 saturated heterocycles. The topological polar surface area (TPSA) is 104 Å². The summed E-state index contributed by atoms with van der Waals surface area (Å²) >= 11 is 0. The van der Waals surface area contributed by atoms with E-state index in [0.29, 0.717) is 13.0 Å². The van der Waals surface area contributed by atoms with E-state index < -0.39 is 28.4 Å². The number of amides is 1. The van der Waals surface area contributed by atoms with Gasteiger partial charge in [0.05, 0.1) is 11.0 Å². The van der Waals surface area contributed by atoms with Gasteiger partial charge in [-0.1, -0.05) is 0 Å². The van der Waals surface area contributed by atoms with E-state index >= 15 is 0 Å². The second-order valence-corrected chi connectivity index (χ2v) is 4.33. The lowest BCUT2D eigenvalue weighted by molar-refractivity contribution is -0.385. The second kappa shape index (κ2) is 6.14. The molecule has 104 valence electrons. The van der Waals surface area contributed by atoms with Crippen LogP contribution < -0.4 is 0 Å². The first-order valence-corrected chi connectivity index (χ1v) is 5.74. The number of aromatic hydroxyl groups is 1. The maximum atomic E-state index is 12.0. The van der Waals surface area contributed by atoms with Gasteiger partial charge in [0.2, 0.25) is 0 Å². The highest BCUT2D eigenvalue weighted by Crippen LogP contribution is 2.26. The van der Waals surface area contributed by atoms with Crippen LogP contribution in [-0.2, 0) is 0 Å². The zero-order valence-electron chi connectivity index (χ0n) is 10.7. The highest BCUT2D eigenvalue weighted by molar-refractivity contribution is 5.95. The predicted molar refractivity (Wildman–Crippen MR) is 68.0 cm³/mol. The van der Waals surface area contributed by atoms with E-state index in [2.05, 4.69) is 0 Å². The normalized spacial score (nSPS) is 11.9. The van der Waals surface area contributed by atoms with Gasteiger partial charge >= 0.3 is 5.69 Å². The van der Waals surface area contributed by atoms with E-state index in [1.165, 1.54) is 11.0 Å². The molecule has 0 aliphatic heterocycles. The van der Waals surface area contributed by atoms with E-state index in [1.54, 1.807) is 14.0 Å². The van der Waals surface area contributed by atoms with Crippen molar-refractivity contribution in [3.8, 4) is 5.75 Å². The van der Waals surface area contributed by atoms with Crippen LogP contribution in [0, 0.1) is 10.1 Å². The zero-order valence-corrected chi connectivity index (χ0v) is 10.7. The molecule has 0 aliphatic rings. The maximum Gasteiger partial charge on any atom is 0.311 e. The van der Waals surface area contributed by atoms with Gasteiger partial charge in [0.1, 0.15) is 0 Å². The Morgan fingerprint density at radius 2 is 2.16 bits per heavy atom. The lowest BCUT2D eigenvalue weighted by atomic mass is 10.1. The number of hydrogen-bond acceptors (Lipinski definition) is 5. The summed E-state index contributed by atoms with van der Waals surface area (Å²) in [5.41, 5.74) is -0.382. The molecule has 7 nitrogen and oxygen atoms in total. The second-order valence-electron chi connectivity index (χ2n) is 4.33. The summed E-state index contributed by atoms with van der Waals surface area (Å²) in [6, 6.07) is 3.48. The molecule has 0 bridgehead atoms. The Bertz CT molecular complexity index is 487. The van der Waals surface area contributed by atoms with Crippen LogP contribution in [0.5, 0.6) is 5.75 Å². The minimum atomic E-state index is -0.748. The molecule has 1 amide bonds. The number of phenols is 1. The Hall–Kier alpha value is -2.15. The summed E-state index contributed by atoms with van der Waals surface area (Å²) in [5, 5.41) is 29.1. The van der Waals surface area contributed by atoms with Gasteiger partial charge in [0.15, 0.2) is 5.75 Å². The van der Waals surface area contributed by atoms with Gasteiger partial charge in [0, 0.05) is 25.2 Å². The molecule has 0 spiro atoms. The number of benzene rings is 1. The third kappa shape index (κ3) is 3.92. The first-order valence-electron chi connectivity index (χ1n) is 5.74.